The zero-order valence-corrected chi connectivity index (χ0v) is 11.6. The van der Waals surface area contributed by atoms with E-state index in [4.69, 9.17) is 5.26 Å². The predicted octanol–water partition coefficient (Wildman–Crippen LogP) is 2.51. The first-order chi connectivity index (χ1) is 8.60. The van der Waals surface area contributed by atoms with Gasteiger partial charge in [-0.15, -0.1) is 11.3 Å². The first kappa shape index (κ1) is 12.8. The summed E-state index contributed by atoms with van der Waals surface area (Å²) in [4.78, 5) is 4.46. The van der Waals surface area contributed by atoms with E-state index in [1.807, 2.05) is 30.8 Å². The van der Waals surface area contributed by atoms with Gasteiger partial charge in [0.25, 0.3) is 0 Å². The standard InChI is InChI=1S/C13H16N4S/c1-9-8-18-13(16-9)10(2)15-6-11-4-12(5-14)17(3)7-11/h4,7-8,10,15H,6H2,1-3H3. The highest BCUT2D eigenvalue weighted by molar-refractivity contribution is 7.09. The van der Waals surface area contributed by atoms with E-state index in [0.29, 0.717) is 5.69 Å². The molecule has 0 aromatic carbocycles. The van der Waals surface area contributed by atoms with Crippen LogP contribution in [0, 0.1) is 18.3 Å². The van der Waals surface area contributed by atoms with Crippen LogP contribution >= 0.6 is 11.3 Å². The zero-order chi connectivity index (χ0) is 13.1. The molecule has 2 aromatic rings. The average molecular weight is 260 g/mol. The summed E-state index contributed by atoms with van der Waals surface area (Å²) in [6, 6.07) is 4.30. The quantitative estimate of drug-likeness (QED) is 0.919. The topological polar surface area (TPSA) is 53.6 Å². The molecular weight excluding hydrogens is 244 g/mol. The summed E-state index contributed by atoms with van der Waals surface area (Å²) in [5.41, 5.74) is 2.87. The number of aryl methyl sites for hydroxylation is 2. The van der Waals surface area contributed by atoms with Gasteiger partial charge in [0, 0.05) is 30.9 Å². The predicted molar refractivity (Wildman–Crippen MR) is 72.2 cm³/mol. The summed E-state index contributed by atoms with van der Waals surface area (Å²) >= 11 is 1.67. The Hall–Kier alpha value is -1.64. The molecule has 0 aliphatic rings. The first-order valence-corrected chi connectivity index (χ1v) is 6.69. The van der Waals surface area contributed by atoms with Crippen molar-refractivity contribution in [3.63, 3.8) is 0 Å². The molecule has 0 amide bonds. The molecule has 2 aromatic heterocycles. The first-order valence-electron chi connectivity index (χ1n) is 5.81. The minimum absolute atomic E-state index is 0.231. The number of aromatic nitrogens is 2. The number of hydrogen-bond donors (Lipinski definition) is 1. The molecule has 5 heteroatoms. The molecule has 1 atom stereocenters. The van der Waals surface area contributed by atoms with Gasteiger partial charge in [-0.05, 0) is 25.5 Å². The summed E-state index contributed by atoms with van der Waals surface area (Å²) in [6.07, 6.45) is 1.98. The molecule has 4 nitrogen and oxygen atoms in total. The Morgan fingerprint density at radius 1 is 1.61 bits per heavy atom. The van der Waals surface area contributed by atoms with Gasteiger partial charge < -0.3 is 9.88 Å². The molecule has 0 bridgehead atoms. The fourth-order valence-electron chi connectivity index (χ4n) is 1.77. The van der Waals surface area contributed by atoms with E-state index in [1.165, 1.54) is 0 Å². The Kier molecular flexibility index (Phi) is 3.80. The second-order valence-corrected chi connectivity index (χ2v) is 5.28. The minimum atomic E-state index is 0.231. The fraction of sp³-hybridized carbons (Fsp3) is 0.385. The van der Waals surface area contributed by atoms with E-state index in [1.54, 1.807) is 11.3 Å². The lowest BCUT2D eigenvalue weighted by Gasteiger charge is -2.09. The van der Waals surface area contributed by atoms with Crippen LogP contribution in [0.5, 0.6) is 0 Å². The molecule has 0 aliphatic heterocycles. The van der Waals surface area contributed by atoms with Crippen LogP contribution in [-0.2, 0) is 13.6 Å². The molecule has 0 aliphatic carbocycles. The SMILES string of the molecule is Cc1csc(C(C)NCc2cc(C#N)n(C)c2)n1. The van der Waals surface area contributed by atoms with Crippen molar-refractivity contribution in [3.05, 3.63) is 39.6 Å². The molecule has 0 saturated carbocycles. The van der Waals surface area contributed by atoms with Crippen molar-refractivity contribution in [1.82, 2.24) is 14.9 Å². The maximum absolute atomic E-state index is 8.89. The lowest BCUT2D eigenvalue weighted by Crippen LogP contribution is -2.17. The van der Waals surface area contributed by atoms with E-state index in [0.717, 1.165) is 22.8 Å². The van der Waals surface area contributed by atoms with Crippen LogP contribution in [0.4, 0.5) is 0 Å². The molecule has 94 valence electrons. The van der Waals surface area contributed by atoms with Crippen LogP contribution in [0.3, 0.4) is 0 Å². The maximum atomic E-state index is 8.89. The Morgan fingerprint density at radius 2 is 2.39 bits per heavy atom. The maximum Gasteiger partial charge on any atom is 0.120 e. The molecule has 2 rings (SSSR count). The Morgan fingerprint density at radius 3 is 2.94 bits per heavy atom. The average Bonchev–Trinajstić information content (AvgIpc) is 2.92. The van der Waals surface area contributed by atoms with Gasteiger partial charge in [0.2, 0.25) is 0 Å². The number of thiazole rings is 1. The van der Waals surface area contributed by atoms with E-state index in [9.17, 15) is 0 Å². The summed E-state index contributed by atoms with van der Waals surface area (Å²) in [5, 5.41) is 15.5. The van der Waals surface area contributed by atoms with Crippen LogP contribution < -0.4 is 5.32 Å². The molecule has 1 unspecified atom stereocenters. The van der Waals surface area contributed by atoms with E-state index < -0.39 is 0 Å². The van der Waals surface area contributed by atoms with Crippen molar-refractivity contribution in [2.24, 2.45) is 7.05 Å². The molecule has 1 N–H and O–H groups in total. The lowest BCUT2D eigenvalue weighted by atomic mass is 10.3. The number of rotatable bonds is 4. The van der Waals surface area contributed by atoms with Crippen LogP contribution in [0.25, 0.3) is 0 Å². The monoisotopic (exact) mass is 260 g/mol. The lowest BCUT2D eigenvalue weighted by molar-refractivity contribution is 0.571. The van der Waals surface area contributed by atoms with Crippen molar-refractivity contribution >= 4 is 11.3 Å². The van der Waals surface area contributed by atoms with Crippen LogP contribution in [0.15, 0.2) is 17.6 Å². The number of hydrogen-bond acceptors (Lipinski definition) is 4. The summed E-state index contributed by atoms with van der Waals surface area (Å²) in [7, 11) is 1.88. The third-order valence-corrected chi connectivity index (χ3v) is 3.94. The molecule has 0 spiro atoms. The van der Waals surface area contributed by atoms with E-state index >= 15 is 0 Å². The molecule has 18 heavy (non-hydrogen) atoms. The minimum Gasteiger partial charge on any atom is -0.342 e. The van der Waals surface area contributed by atoms with Crippen molar-refractivity contribution in [3.8, 4) is 6.07 Å². The van der Waals surface area contributed by atoms with Crippen molar-refractivity contribution in [2.45, 2.75) is 26.4 Å². The van der Waals surface area contributed by atoms with Crippen molar-refractivity contribution in [1.29, 1.82) is 5.26 Å². The van der Waals surface area contributed by atoms with Gasteiger partial charge >= 0.3 is 0 Å². The summed E-state index contributed by atoms with van der Waals surface area (Å²) in [6.45, 7) is 4.85. The Labute approximate surface area is 111 Å². The van der Waals surface area contributed by atoms with Crippen molar-refractivity contribution in [2.75, 3.05) is 0 Å². The van der Waals surface area contributed by atoms with Gasteiger partial charge in [-0.3, -0.25) is 0 Å². The Bertz CT molecular complexity index is 576. The molecule has 0 saturated heterocycles. The van der Waals surface area contributed by atoms with Crippen molar-refractivity contribution < 1.29 is 0 Å². The highest BCUT2D eigenvalue weighted by Gasteiger charge is 2.09. The van der Waals surface area contributed by atoms with Gasteiger partial charge in [-0.2, -0.15) is 5.26 Å². The molecule has 2 heterocycles. The van der Waals surface area contributed by atoms with Crippen LogP contribution in [0.2, 0.25) is 0 Å². The zero-order valence-electron chi connectivity index (χ0n) is 10.8. The molecular formula is C13H16N4S. The number of nitrogens with zero attached hydrogens (tertiary/aromatic N) is 3. The molecule has 0 radical (unpaired) electrons. The summed E-state index contributed by atoms with van der Waals surface area (Å²) in [5.74, 6) is 0. The summed E-state index contributed by atoms with van der Waals surface area (Å²) < 4.78 is 1.84. The smallest absolute Gasteiger partial charge is 0.120 e. The van der Waals surface area contributed by atoms with Gasteiger partial charge in [-0.25, -0.2) is 4.98 Å². The normalized spacial score (nSPS) is 12.3. The largest absolute Gasteiger partial charge is 0.342 e. The fourth-order valence-corrected chi connectivity index (χ4v) is 2.60. The van der Waals surface area contributed by atoms with Gasteiger partial charge in [0.1, 0.15) is 16.8 Å². The van der Waals surface area contributed by atoms with Gasteiger partial charge in [0.15, 0.2) is 0 Å². The van der Waals surface area contributed by atoms with Gasteiger partial charge in [-0.1, -0.05) is 0 Å². The Balaban J connectivity index is 1.97. The van der Waals surface area contributed by atoms with E-state index in [-0.39, 0.29) is 6.04 Å². The van der Waals surface area contributed by atoms with E-state index in [2.05, 4.69) is 28.7 Å². The highest BCUT2D eigenvalue weighted by atomic mass is 32.1. The number of nitrogens with one attached hydrogen (secondary N) is 1. The van der Waals surface area contributed by atoms with Crippen LogP contribution in [-0.4, -0.2) is 9.55 Å². The number of nitriles is 1. The van der Waals surface area contributed by atoms with Crippen LogP contribution in [0.1, 0.15) is 34.9 Å². The third kappa shape index (κ3) is 2.78. The third-order valence-electron chi connectivity index (χ3n) is 2.80. The molecule has 0 fully saturated rings. The highest BCUT2D eigenvalue weighted by Crippen LogP contribution is 2.18. The second kappa shape index (κ2) is 5.34. The van der Waals surface area contributed by atoms with Gasteiger partial charge in [0.05, 0.1) is 6.04 Å². The second-order valence-electron chi connectivity index (χ2n) is 4.39.